The van der Waals surface area contributed by atoms with Crippen LogP contribution < -0.4 is 4.90 Å². The normalized spacial score (nSPS) is 15.1. The summed E-state index contributed by atoms with van der Waals surface area (Å²) in [6.45, 7) is 2.25. The SMILES string of the molecule is Fc1ccc(-c2ccccc2N2CCCC2)cc1. The molecule has 1 heterocycles. The van der Waals surface area contributed by atoms with Crippen LogP contribution in [0.1, 0.15) is 12.8 Å². The highest BCUT2D eigenvalue weighted by atomic mass is 19.1. The average molecular weight is 241 g/mol. The lowest BCUT2D eigenvalue weighted by molar-refractivity contribution is 0.628. The number of anilines is 1. The maximum Gasteiger partial charge on any atom is 0.123 e. The summed E-state index contributed by atoms with van der Waals surface area (Å²) in [6, 6.07) is 15.1. The zero-order valence-electron chi connectivity index (χ0n) is 10.3. The van der Waals surface area contributed by atoms with Gasteiger partial charge in [0.25, 0.3) is 0 Å². The summed E-state index contributed by atoms with van der Waals surface area (Å²) < 4.78 is 13.0. The van der Waals surface area contributed by atoms with Crippen LogP contribution in [0.4, 0.5) is 10.1 Å². The Morgan fingerprint density at radius 2 is 1.50 bits per heavy atom. The van der Waals surface area contributed by atoms with Crippen molar-refractivity contribution < 1.29 is 4.39 Å². The van der Waals surface area contributed by atoms with Crippen LogP contribution in [0.5, 0.6) is 0 Å². The molecule has 0 aliphatic carbocycles. The molecule has 92 valence electrons. The van der Waals surface area contributed by atoms with Gasteiger partial charge >= 0.3 is 0 Å². The van der Waals surface area contributed by atoms with E-state index in [1.807, 2.05) is 18.2 Å². The molecule has 0 N–H and O–H groups in total. The van der Waals surface area contributed by atoms with Crippen molar-refractivity contribution in [1.82, 2.24) is 0 Å². The third-order valence-electron chi connectivity index (χ3n) is 3.51. The Labute approximate surface area is 107 Å². The fraction of sp³-hybridized carbons (Fsp3) is 0.250. The molecule has 1 aliphatic rings. The highest BCUT2D eigenvalue weighted by molar-refractivity contribution is 5.78. The second-order valence-corrected chi connectivity index (χ2v) is 4.72. The lowest BCUT2D eigenvalue weighted by Gasteiger charge is -2.21. The van der Waals surface area contributed by atoms with E-state index in [4.69, 9.17) is 0 Å². The topological polar surface area (TPSA) is 3.24 Å². The molecule has 0 aromatic heterocycles. The number of halogens is 1. The Morgan fingerprint density at radius 3 is 2.22 bits per heavy atom. The van der Waals surface area contributed by atoms with Gasteiger partial charge in [-0.3, -0.25) is 0 Å². The Hall–Kier alpha value is -1.83. The van der Waals surface area contributed by atoms with E-state index in [-0.39, 0.29) is 5.82 Å². The number of rotatable bonds is 2. The molecule has 2 heteroatoms. The van der Waals surface area contributed by atoms with Crippen molar-refractivity contribution in [2.75, 3.05) is 18.0 Å². The molecule has 0 unspecified atom stereocenters. The van der Waals surface area contributed by atoms with Crippen molar-refractivity contribution in [2.45, 2.75) is 12.8 Å². The highest BCUT2D eigenvalue weighted by Gasteiger charge is 2.15. The Kier molecular flexibility index (Phi) is 3.01. The summed E-state index contributed by atoms with van der Waals surface area (Å²) >= 11 is 0. The van der Waals surface area contributed by atoms with Crippen LogP contribution in [-0.2, 0) is 0 Å². The van der Waals surface area contributed by atoms with Gasteiger partial charge < -0.3 is 4.90 Å². The predicted octanol–water partition coefficient (Wildman–Crippen LogP) is 4.09. The van der Waals surface area contributed by atoms with Crippen molar-refractivity contribution in [3.63, 3.8) is 0 Å². The van der Waals surface area contributed by atoms with Crippen LogP contribution in [0.25, 0.3) is 11.1 Å². The predicted molar refractivity (Wildman–Crippen MR) is 73.3 cm³/mol. The maximum atomic E-state index is 13.0. The van der Waals surface area contributed by atoms with Crippen LogP contribution in [0, 0.1) is 5.82 Å². The Bertz CT molecular complexity index is 527. The van der Waals surface area contributed by atoms with Gasteiger partial charge in [0, 0.05) is 24.3 Å². The van der Waals surface area contributed by atoms with Gasteiger partial charge in [0.2, 0.25) is 0 Å². The first-order chi connectivity index (χ1) is 8.84. The second kappa shape index (κ2) is 4.81. The van der Waals surface area contributed by atoms with Crippen LogP contribution >= 0.6 is 0 Å². The molecule has 3 rings (SSSR count). The highest BCUT2D eigenvalue weighted by Crippen LogP contribution is 2.32. The molecular weight excluding hydrogens is 225 g/mol. The van der Waals surface area contributed by atoms with E-state index < -0.39 is 0 Å². The summed E-state index contributed by atoms with van der Waals surface area (Å²) in [4.78, 5) is 2.42. The minimum absolute atomic E-state index is 0.183. The molecule has 0 amide bonds. The average Bonchev–Trinajstić information content (AvgIpc) is 2.93. The van der Waals surface area contributed by atoms with E-state index in [1.165, 1.54) is 36.2 Å². The van der Waals surface area contributed by atoms with E-state index >= 15 is 0 Å². The molecule has 1 saturated heterocycles. The fourth-order valence-electron chi connectivity index (χ4n) is 2.58. The first-order valence-electron chi connectivity index (χ1n) is 6.44. The molecular formula is C16H16FN. The third kappa shape index (κ3) is 2.10. The summed E-state index contributed by atoms with van der Waals surface area (Å²) in [7, 11) is 0. The standard InChI is InChI=1S/C16H16FN/c17-14-9-7-13(8-10-14)15-5-1-2-6-16(15)18-11-3-4-12-18/h1-2,5-10H,3-4,11-12H2. The zero-order valence-corrected chi connectivity index (χ0v) is 10.3. The molecule has 0 spiro atoms. The Morgan fingerprint density at radius 1 is 0.833 bits per heavy atom. The van der Waals surface area contributed by atoms with Gasteiger partial charge in [-0.05, 0) is 36.6 Å². The number of hydrogen-bond donors (Lipinski definition) is 0. The first-order valence-corrected chi connectivity index (χ1v) is 6.44. The van der Waals surface area contributed by atoms with Gasteiger partial charge in [-0.2, -0.15) is 0 Å². The fourth-order valence-corrected chi connectivity index (χ4v) is 2.58. The summed E-state index contributed by atoms with van der Waals surface area (Å²) in [5.74, 6) is -0.183. The van der Waals surface area contributed by atoms with Gasteiger partial charge in [-0.25, -0.2) is 4.39 Å². The largest absolute Gasteiger partial charge is 0.371 e. The molecule has 1 nitrogen and oxygen atoms in total. The van der Waals surface area contributed by atoms with Gasteiger partial charge in [0.05, 0.1) is 0 Å². The van der Waals surface area contributed by atoms with Crippen molar-refractivity contribution in [1.29, 1.82) is 0 Å². The van der Waals surface area contributed by atoms with Gasteiger partial charge in [-0.1, -0.05) is 30.3 Å². The number of benzene rings is 2. The number of hydrogen-bond acceptors (Lipinski definition) is 1. The molecule has 2 aromatic carbocycles. The van der Waals surface area contributed by atoms with Crippen LogP contribution in [0.2, 0.25) is 0 Å². The minimum Gasteiger partial charge on any atom is -0.371 e. The van der Waals surface area contributed by atoms with Crippen molar-refractivity contribution in [3.05, 3.63) is 54.3 Å². The Balaban J connectivity index is 2.03. The van der Waals surface area contributed by atoms with E-state index in [2.05, 4.69) is 23.1 Å². The van der Waals surface area contributed by atoms with E-state index in [0.29, 0.717) is 0 Å². The van der Waals surface area contributed by atoms with Gasteiger partial charge in [0.15, 0.2) is 0 Å². The van der Waals surface area contributed by atoms with Crippen molar-refractivity contribution in [3.8, 4) is 11.1 Å². The third-order valence-corrected chi connectivity index (χ3v) is 3.51. The maximum absolute atomic E-state index is 13.0. The molecule has 0 bridgehead atoms. The lowest BCUT2D eigenvalue weighted by atomic mass is 10.0. The zero-order chi connectivity index (χ0) is 12.4. The molecule has 1 aliphatic heterocycles. The van der Waals surface area contributed by atoms with E-state index in [0.717, 1.165) is 18.7 Å². The summed E-state index contributed by atoms with van der Waals surface area (Å²) in [5.41, 5.74) is 3.54. The number of para-hydroxylation sites is 1. The van der Waals surface area contributed by atoms with E-state index in [9.17, 15) is 4.39 Å². The summed E-state index contributed by atoms with van der Waals surface area (Å²) in [5, 5.41) is 0. The molecule has 0 radical (unpaired) electrons. The van der Waals surface area contributed by atoms with Gasteiger partial charge in [-0.15, -0.1) is 0 Å². The smallest absolute Gasteiger partial charge is 0.123 e. The van der Waals surface area contributed by atoms with E-state index in [1.54, 1.807) is 0 Å². The molecule has 2 aromatic rings. The van der Waals surface area contributed by atoms with Crippen molar-refractivity contribution in [2.24, 2.45) is 0 Å². The second-order valence-electron chi connectivity index (χ2n) is 4.72. The van der Waals surface area contributed by atoms with Crippen molar-refractivity contribution >= 4 is 5.69 Å². The quantitative estimate of drug-likeness (QED) is 0.765. The molecule has 0 saturated carbocycles. The first kappa shape index (κ1) is 11.3. The molecule has 0 atom stereocenters. The van der Waals surface area contributed by atoms with Crippen LogP contribution in [0.15, 0.2) is 48.5 Å². The monoisotopic (exact) mass is 241 g/mol. The van der Waals surface area contributed by atoms with Crippen LogP contribution in [0.3, 0.4) is 0 Å². The summed E-state index contributed by atoms with van der Waals surface area (Å²) in [6.07, 6.45) is 2.52. The van der Waals surface area contributed by atoms with Crippen LogP contribution in [-0.4, -0.2) is 13.1 Å². The molecule has 1 fully saturated rings. The van der Waals surface area contributed by atoms with Gasteiger partial charge in [0.1, 0.15) is 5.82 Å². The molecule has 18 heavy (non-hydrogen) atoms. The minimum atomic E-state index is -0.183. The lowest BCUT2D eigenvalue weighted by Crippen LogP contribution is -2.18. The number of nitrogens with zero attached hydrogens (tertiary/aromatic N) is 1.